The Bertz CT molecular complexity index is 527. The van der Waals surface area contributed by atoms with Gasteiger partial charge in [-0.3, -0.25) is 4.79 Å². The van der Waals surface area contributed by atoms with Crippen molar-refractivity contribution < 1.29 is 9.59 Å². The lowest BCUT2D eigenvalue weighted by atomic mass is 9.97. The third kappa shape index (κ3) is 4.88. The second-order valence-electron chi connectivity index (χ2n) is 5.68. The molecule has 3 amide bonds. The van der Waals surface area contributed by atoms with Gasteiger partial charge in [-0.05, 0) is 37.8 Å². The van der Waals surface area contributed by atoms with Gasteiger partial charge in [-0.1, -0.05) is 11.6 Å². The van der Waals surface area contributed by atoms with Crippen LogP contribution in [-0.2, 0) is 4.79 Å². The van der Waals surface area contributed by atoms with Crippen LogP contribution in [0.3, 0.4) is 0 Å². The van der Waals surface area contributed by atoms with Gasteiger partial charge in [-0.2, -0.15) is 0 Å². The zero-order valence-electron chi connectivity index (χ0n) is 12.9. The van der Waals surface area contributed by atoms with Gasteiger partial charge in [0.05, 0.1) is 10.4 Å². The molecule has 2 N–H and O–H groups in total. The highest BCUT2D eigenvalue weighted by molar-refractivity contribution is 7.16. The molecule has 7 heteroatoms. The maximum Gasteiger partial charge on any atom is 0.317 e. The first-order valence-corrected chi connectivity index (χ1v) is 8.70. The largest absolute Gasteiger partial charge is 0.356 e. The SMILES string of the molecule is CC(=O)NCC1CCN(C(=O)N[C@@H](C)c2ccc(Cl)s2)CC1. The Kier molecular flexibility index (Phi) is 6.08. The molecule has 1 fully saturated rings. The molecule has 1 aliphatic heterocycles. The van der Waals surface area contributed by atoms with E-state index in [1.165, 1.54) is 18.3 Å². The molecule has 1 atom stereocenters. The molecule has 0 spiro atoms. The fourth-order valence-electron chi connectivity index (χ4n) is 2.54. The number of carbonyl (C=O) groups is 2. The summed E-state index contributed by atoms with van der Waals surface area (Å²) in [6.07, 6.45) is 1.85. The number of urea groups is 1. The number of halogens is 1. The molecule has 1 aliphatic rings. The first-order valence-electron chi connectivity index (χ1n) is 7.51. The van der Waals surface area contributed by atoms with Crippen LogP contribution in [0, 0.1) is 5.92 Å². The van der Waals surface area contributed by atoms with Gasteiger partial charge in [0.25, 0.3) is 0 Å². The van der Waals surface area contributed by atoms with E-state index in [-0.39, 0.29) is 18.0 Å². The number of nitrogens with zero attached hydrogens (tertiary/aromatic N) is 1. The van der Waals surface area contributed by atoms with Crippen molar-refractivity contribution in [3.05, 3.63) is 21.3 Å². The number of likely N-dealkylation sites (tertiary alicyclic amines) is 1. The summed E-state index contributed by atoms with van der Waals surface area (Å²) < 4.78 is 0.731. The third-order valence-electron chi connectivity index (χ3n) is 3.90. The fraction of sp³-hybridized carbons (Fsp3) is 0.600. The number of hydrogen-bond acceptors (Lipinski definition) is 3. The molecule has 122 valence electrons. The highest BCUT2D eigenvalue weighted by Gasteiger charge is 2.24. The van der Waals surface area contributed by atoms with Gasteiger partial charge in [0.2, 0.25) is 5.91 Å². The Balaban J connectivity index is 1.76. The van der Waals surface area contributed by atoms with E-state index in [4.69, 9.17) is 11.6 Å². The highest BCUT2D eigenvalue weighted by Crippen LogP contribution is 2.27. The number of piperidine rings is 1. The third-order valence-corrected chi connectivity index (χ3v) is 5.32. The summed E-state index contributed by atoms with van der Waals surface area (Å²) in [5.41, 5.74) is 0. The predicted molar refractivity (Wildman–Crippen MR) is 89.3 cm³/mol. The first kappa shape index (κ1) is 17.1. The summed E-state index contributed by atoms with van der Waals surface area (Å²) in [6, 6.07) is 3.71. The molecule has 0 aliphatic carbocycles. The van der Waals surface area contributed by atoms with E-state index in [1.807, 2.05) is 24.0 Å². The standard InChI is InChI=1S/C15H22ClN3O2S/c1-10(13-3-4-14(16)22-13)18-15(21)19-7-5-12(6-8-19)9-17-11(2)20/h3-4,10,12H,5-9H2,1-2H3,(H,17,20)(H,18,21)/t10-/m0/s1. The van der Waals surface area contributed by atoms with Gasteiger partial charge >= 0.3 is 6.03 Å². The van der Waals surface area contributed by atoms with Crippen molar-refractivity contribution in [1.29, 1.82) is 0 Å². The minimum absolute atomic E-state index is 0.00334. The molecule has 22 heavy (non-hydrogen) atoms. The summed E-state index contributed by atoms with van der Waals surface area (Å²) in [5.74, 6) is 0.463. The van der Waals surface area contributed by atoms with Gasteiger partial charge in [-0.25, -0.2) is 4.79 Å². The Morgan fingerprint density at radius 1 is 1.41 bits per heavy atom. The van der Waals surface area contributed by atoms with Crippen LogP contribution in [0.1, 0.15) is 37.6 Å². The van der Waals surface area contributed by atoms with Crippen molar-refractivity contribution in [2.75, 3.05) is 19.6 Å². The number of thiophene rings is 1. The van der Waals surface area contributed by atoms with Gasteiger partial charge < -0.3 is 15.5 Å². The normalized spacial score (nSPS) is 17.1. The van der Waals surface area contributed by atoms with Crippen LogP contribution in [0.4, 0.5) is 4.79 Å². The summed E-state index contributed by atoms with van der Waals surface area (Å²) in [4.78, 5) is 26.1. The topological polar surface area (TPSA) is 61.4 Å². The van der Waals surface area contributed by atoms with E-state index in [0.29, 0.717) is 12.5 Å². The van der Waals surface area contributed by atoms with Crippen LogP contribution in [0.5, 0.6) is 0 Å². The summed E-state index contributed by atoms with van der Waals surface area (Å²) in [7, 11) is 0. The average molecular weight is 344 g/mol. The Morgan fingerprint density at radius 2 is 2.09 bits per heavy atom. The molecule has 0 aromatic carbocycles. The van der Waals surface area contributed by atoms with Crippen LogP contribution < -0.4 is 10.6 Å². The first-order chi connectivity index (χ1) is 10.5. The molecule has 0 radical (unpaired) electrons. The molecule has 1 aromatic rings. The maximum absolute atomic E-state index is 12.3. The van der Waals surface area contributed by atoms with E-state index < -0.39 is 0 Å². The second-order valence-corrected chi connectivity index (χ2v) is 7.43. The second kappa shape index (κ2) is 7.83. The fourth-order valence-corrected chi connectivity index (χ4v) is 3.60. The molecule has 1 saturated heterocycles. The number of rotatable bonds is 4. The molecule has 5 nitrogen and oxygen atoms in total. The quantitative estimate of drug-likeness (QED) is 0.882. The smallest absolute Gasteiger partial charge is 0.317 e. The number of nitrogens with one attached hydrogen (secondary N) is 2. The maximum atomic E-state index is 12.3. The van der Waals surface area contributed by atoms with Gasteiger partial charge in [0.1, 0.15) is 0 Å². The minimum atomic E-state index is -0.0397. The Hall–Kier alpha value is -1.27. The molecular weight excluding hydrogens is 322 g/mol. The van der Waals surface area contributed by atoms with Crippen LogP contribution in [0.15, 0.2) is 12.1 Å². The number of hydrogen-bond donors (Lipinski definition) is 2. The van der Waals surface area contributed by atoms with Crippen molar-refractivity contribution in [1.82, 2.24) is 15.5 Å². The molecular formula is C15H22ClN3O2S. The molecule has 1 aromatic heterocycles. The number of carbonyl (C=O) groups excluding carboxylic acids is 2. The van der Waals surface area contributed by atoms with Gasteiger partial charge in [0.15, 0.2) is 0 Å². The van der Waals surface area contributed by atoms with E-state index >= 15 is 0 Å². The lowest BCUT2D eigenvalue weighted by molar-refractivity contribution is -0.119. The zero-order chi connectivity index (χ0) is 16.1. The monoisotopic (exact) mass is 343 g/mol. The molecule has 0 saturated carbocycles. The predicted octanol–water partition coefficient (Wildman–Crippen LogP) is 3.02. The van der Waals surface area contributed by atoms with Crippen molar-refractivity contribution in [2.24, 2.45) is 5.92 Å². The summed E-state index contributed by atoms with van der Waals surface area (Å²) in [5, 5.41) is 5.86. The van der Waals surface area contributed by atoms with Crippen LogP contribution in [-0.4, -0.2) is 36.5 Å². The minimum Gasteiger partial charge on any atom is -0.356 e. The van der Waals surface area contributed by atoms with Crippen molar-refractivity contribution >= 4 is 34.9 Å². The van der Waals surface area contributed by atoms with Gasteiger partial charge in [0, 0.05) is 31.4 Å². The number of amides is 3. The van der Waals surface area contributed by atoms with Crippen LogP contribution in [0.2, 0.25) is 4.34 Å². The molecule has 2 heterocycles. The Labute approximate surface area is 140 Å². The molecule has 0 bridgehead atoms. The van der Waals surface area contributed by atoms with Gasteiger partial charge in [-0.15, -0.1) is 11.3 Å². The lowest BCUT2D eigenvalue weighted by Crippen LogP contribution is -2.46. The van der Waals surface area contributed by atoms with Crippen LogP contribution >= 0.6 is 22.9 Å². The van der Waals surface area contributed by atoms with E-state index in [1.54, 1.807) is 0 Å². The molecule has 2 rings (SSSR count). The summed E-state index contributed by atoms with van der Waals surface area (Å²) >= 11 is 7.41. The summed E-state index contributed by atoms with van der Waals surface area (Å²) in [6.45, 7) is 5.65. The zero-order valence-corrected chi connectivity index (χ0v) is 14.5. The van der Waals surface area contributed by atoms with E-state index in [2.05, 4.69) is 10.6 Å². The molecule has 0 unspecified atom stereocenters. The van der Waals surface area contributed by atoms with E-state index in [9.17, 15) is 9.59 Å². The van der Waals surface area contributed by atoms with Crippen molar-refractivity contribution in [2.45, 2.75) is 32.7 Å². The van der Waals surface area contributed by atoms with Crippen LogP contribution in [0.25, 0.3) is 0 Å². The highest BCUT2D eigenvalue weighted by atomic mass is 35.5. The average Bonchev–Trinajstić information content (AvgIpc) is 2.92. The van der Waals surface area contributed by atoms with E-state index in [0.717, 1.165) is 35.1 Å². The lowest BCUT2D eigenvalue weighted by Gasteiger charge is -2.32. The Morgan fingerprint density at radius 3 is 2.64 bits per heavy atom. The van der Waals surface area contributed by atoms with Crippen molar-refractivity contribution in [3.63, 3.8) is 0 Å². The van der Waals surface area contributed by atoms with Crippen molar-refractivity contribution in [3.8, 4) is 0 Å².